The summed E-state index contributed by atoms with van der Waals surface area (Å²) in [7, 11) is 0. The van der Waals surface area contributed by atoms with Gasteiger partial charge in [-0.1, -0.05) is 0 Å². The number of nitrogens with zero attached hydrogens (tertiary/aromatic N) is 1. The summed E-state index contributed by atoms with van der Waals surface area (Å²) in [5, 5.41) is 0. The van der Waals surface area contributed by atoms with E-state index in [-0.39, 0.29) is 0 Å². The first kappa shape index (κ1) is 9.41. The lowest BCUT2D eigenvalue weighted by atomic mass is 10.1. The van der Waals surface area contributed by atoms with Crippen molar-refractivity contribution in [2.75, 3.05) is 0 Å². The van der Waals surface area contributed by atoms with Crippen LogP contribution in [0, 0.1) is 20.8 Å². The quantitative estimate of drug-likeness (QED) is 0.688. The maximum atomic E-state index is 4.47. The molecular weight excluding hydrogens is 190 g/mol. The Morgan fingerprint density at radius 3 is 2.36 bits per heavy atom. The largest absolute Gasteiger partial charge is 0.258 e. The number of hydrogen-bond acceptors (Lipinski definition) is 2. The number of aromatic nitrogens is 1. The molecule has 2 aromatic heterocycles. The molecule has 2 rings (SSSR count). The van der Waals surface area contributed by atoms with Crippen molar-refractivity contribution in [3.8, 4) is 10.4 Å². The first-order valence-electron chi connectivity index (χ1n) is 4.68. The van der Waals surface area contributed by atoms with E-state index < -0.39 is 0 Å². The highest BCUT2D eigenvalue weighted by Gasteiger charge is 2.04. The number of hydrogen-bond donors (Lipinski definition) is 0. The van der Waals surface area contributed by atoms with Crippen molar-refractivity contribution in [2.24, 2.45) is 0 Å². The molecule has 0 spiro atoms. The lowest BCUT2D eigenvalue weighted by molar-refractivity contribution is 1.13. The second kappa shape index (κ2) is 3.54. The van der Waals surface area contributed by atoms with E-state index in [4.69, 9.17) is 0 Å². The normalized spacial score (nSPS) is 10.5. The highest BCUT2D eigenvalue weighted by Crippen LogP contribution is 2.29. The molecule has 0 unspecified atom stereocenters. The molecule has 2 heteroatoms. The molecule has 14 heavy (non-hydrogen) atoms. The summed E-state index contributed by atoms with van der Waals surface area (Å²) in [5.74, 6) is 0. The molecule has 0 amide bonds. The minimum Gasteiger partial charge on any atom is -0.258 e. The summed E-state index contributed by atoms with van der Waals surface area (Å²) in [5.41, 5.74) is 3.46. The van der Waals surface area contributed by atoms with E-state index >= 15 is 0 Å². The van der Waals surface area contributed by atoms with E-state index in [2.05, 4.69) is 43.1 Å². The summed E-state index contributed by atoms with van der Waals surface area (Å²) in [6.45, 7) is 6.22. The monoisotopic (exact) mass is 203 g/mol. The van der Waals surface area contributed by atoms with Crippen molar-refractivity contribution in [1.82, 2.24) is 4.98 Å². The molecule has 0 saturated carbocycles. The van der Waals surface area contributed by atoms with Gasteiger partial charge in [-0.05, 0) is 45.0 Å². The zero-order valence-electron chi connectivity index (χ0n) is 8.66. The maximum Gasteiger partial charge on any atom is 0.0462 e. The van der Waals surface area contributed by atoms with Gasteiger partial charge in [-0.2, -0.15) is 0 Å². The standard InChI is InChI=1S/C12H13NS/c1-8-4-6-11(10(3)13-8)12-7-5-9(2)14-12/h4-7H,1-3H3. The van der Waals surface area contributed by atoms with Crippen LogP contribution < -0.4 is 0 Å². The zero-order valence-corrected chi connectivity index (χ0v) is 9.48. The van der Waals surface area contributed by atoms with Crippen molar-refractivity contribution in [3.05, 3.63) is 40.5 Å². The number of aryl methyl sites for hydroxylation is 3. The van der Waals surface area contributed by atoms with Gasteiger partial charge in [0.25, 0.3) is 0 Å². The van der Waals surface area contributed by atoms with Gasteiger partial charge in [-0.15, -0.1) is 11.3 Å². The highest BCUT2D eigenvalue weighted by molar-refractivity contribution is 7.15. The molecule has 0 fully saturated rings. The topological polar surface area (TPSA) is 12.9 Å². The van der Waals surface area contributed by atoms with Crippen LogP contribution in [0.25, 0.3) is 10.4 Å². The molecular formula is C12H13NS. The lowest BCUT2D eigenvalue weighted by Crippen LogP contribution is -1.87. The second-order valence-electron chi connectivity index (χ2n) is 3.50. The molecule has 72 valence electrons. The Kier molecular flexibility index (Phi) is 2.38. The second-order valence-corrected chi connectivity index (χ2v) is 4.78. The van der Waals surface area contributed by atoms with Crippen LogP contribution in [0.2, 0.25) is 0 Å². The van der Waals surface area contributed by atoms with E-state index in [9.17, 15) is 0 Å². The minimum atomic E-state index is 1.08. The molecule has 0 aliphatic carbocycles. The molecule has 2 aromatic rings. The lowest BCUT2D eigenvalue weighted by Gasteiger charge is -2.02. The molecule has 1 nitrogen and oxygen atoms in total. The van der Waals surface area contributed by atoms with Crippen molar-refractivity contribution in [1.29, 1.82) is 0 Å². The SMILES string of the molecule is Cc1ccc(-c2ccc(C)s2)c(C)n1. The Morgan fingerprint density at radius 1 is 1.00 bits per heavy atom. The Labute approximate surface area is 88.4 Å². The number of thiophene rings is 1. The van der Waals surface area contributed by atoms with Gasteiger partial charge in [0.05, 0.1) is 0 Å². The van der Waals surface area contributed by atoms with Crippen LogP contribution in [0.1, 0.15) is 16.3 Å². The Morgan fingerprint density at radius 2 is 1.79 bits per heavy atom. The first-order valence-corrected chi connectivity index (χ1v) is 5.49. The molecule has 0 aliphatic rings. The fourth-order valence-corrected chi connectivity index (χ4v) is 2.47. The van der Waals surface area contributed by atoms with Crippen molar-refractivity contribution in [2.45, 2.75) is 20.8 Å². The minimum absolute atomic E-state index is 1.08. The predicted molar refractivity (Wildman–Crippen MR) is 61.8 cm³/mol. The fourth-order valence-electron chi connectivity index (χ4n) is 1.53. The number of rotatable bonds is 1. The molecule has 0 atom stereocenters. The molecule has 2 heterocycles. The Balaban J connectivity index is 2.52. The maximum absolute atomic E-state index is 4.47. The van der Waals surface area contributed by atoms with E-state index in [0.717, 1.165) is 11.4 Å². The van der Waals surface area contributed by atoms with Crippen LogP contribution in [0.3, 0.4) is 0 Å². The smallest absolute Gasteiger partial charge is 0.0462 e. The molecule has 0 aromatic carbocycles. The van der Waals surface area contributed by atoms with E-state index in [0.29, 0.717) is 0 Å². The van der Waals surface area contributed by atoms with Gasteiger partial charge < -0.3 is 0 Å². The van der Waals surface area contributed by atoms with Crippen LogP contribution in [0.15, 0.2) is 24.3 Å². The summed E-state index contributed by atoms with van der Waals surface area (Å²) in [6.07, 6.45) is 0. The fraction of sp³-hybridized carbons (Fsp3) is 0.250. The van der Waals surface area contributed by atoms with E-state index in [1.807, 2.05) is 18.3 Å². The van der Waals surface area contributed by atoms with E-state index in [1.165, 1.54) is 15.3 Å². The summed E-state index contributed by atoms with van der Waals surface area (Å²) in [6, 6.07) is 8.54. The van der Waals surface area contributed by atoms with Gasteiger partial charge in [0.1, 0.15) is 0 Å². The predicted octanol–water partition coefficient (Wildman–Crippen LogP) is 3.74. The van der Waals surface area contributed by atoms with Crippen LogP contribution in [-0.4, -0.2) is 4.98 Å². The van der Waals surface area contributed by atoms with Gasteiger partial charge in [0, 0.05) is 26.7 Å². The highest BCUT2D eigenvalue weighted by atomic mass is 32.1. The molecule has 0 saturated heterocycles. The van der Waals surface area contributed by atoms with Crippen LogP contribution in [0.5, 0.6) is 0 Å². The summed E-state index contributed by atoms with van der Waals surface area (Å²) in [4.78, 5) is 7.13. The summed E-state index contributed by atoms with van der Waals surface area (Å²) >= 11 is 1.82. The molecule has 0 bridgehead atoms. The summed E-state index contributed by atoms with van der Waals surface area (Å²) < 4.78 is 0. The zero-order chi connectivity index (χ0) is 10.1. The first-order chi connectivity index (χ1) is 6.66. The molecule has 0 radical (unpaired) electrons. The van der Waals surface area contributed by atoms with Gasteiger partial charge in [0.15, 0.2) is 0 Å². The third kappa shape index (κ3) is 1.70. The van der Waals surface area contributed by atoms with Gasteiger partial charge in [0.2, 0.25) is 0 Å². The van der Waals surface area contributed by atoms with Gasteiger partial charge >= 0.3 is 0 Å². The average molecular weight is 203 g/mol. The van der Waals surface area contributed by atoms with Crippen LogP contribution >= 0.6 is 11.3 Å². The third-order valence-electron chi connectivity index (χ3n) is 2.23. The average Bonchev–Trinajstić information content (AvgIpc) is 2.51. The third-order valence-corrected chi connectivity index (χ3v) is 3.26. The molecule has 0 N–H and O–H groups in total. The van der Waals surface area contributed by atoms with Gasteiger partial charge in [-0.25, -0.2) is 0 Å². The van der Waals surface area contributed by atoms with Crippen molar-refractivity contribution >= 4 is 11.3 Å². The number of pyridine rings is 1. The van der Waals surface area contributed by atoms with Crippen molar-refractivity contribution in [3.63, 3.8) is 0 Å². The van der Waals surface area contributed by atoms with Crippen LogP contribution in [0.4, 0.5) is 0 Å². The Hall–Kier alpha value is -1.15. The van der Waals surface area contributed by atoms with Gasteiger partial charge in [-0.3, -0.25) is 4.98 Å². The van der Waals surface area contributed by atoms with E-state index in [1.54, 1.807) is 0 Å². The molecule has 0 aliphatic heterocycles. The van der Waals surface area contributed by atoms with Crippen LogP contribution in [-0.2, 0) is 0 Å². The Bertz CT molecular complexity index is 457. The van der Waals surface area contributed by atoms with Crippen molar-refractivity contribution < 1.29 is 0 Å².